The van der Waals surface area contributed by atoms with Gasteiger partial charge in [-0.15, -0.1) is 0 Å². The summed E-state index contributed by atoms with van der Waals surface area (Å²) in [5.41, 5.74) is 0.960. The maximum atomic E-state index is 12.7. The van der Waals surface area contributed by atoms with Crippen LogP contribution in [-0.2, 0) is 6.18 Å². The van der Waals surface area contributed by atoms with Crippen molar-refractivity contribution >= 4 is 17.6 Å². The molecule has 1 aromatic heterocycles. The Morgan fingerprint density at radius 1 is 1.00 bits per heavy atom. The average molecular weight is 276 g/mol. The number of hydrogen-bond donors (Lipinski definition) is 0. The number of rotatable bonds is 1. The first-order valence-corrected chi connectivity index (χ1v) is 6.13. The quantitative estimate of drug-likeness (QED) is 0.773. The van der Waals surface area contributed by atoms with Crippen LogP contribution in [0.15, 0.2) is 48.5 Å². The van der Waals surface area contributed by atoms with E-state index in [-0.39, 0.29) is 0 Å². The highest BCUT2D eigenvalue weighted by Crippen LogP contribution is 2.33. The molecule has 0 fully saturated rings. The van der Waals surface area contributed by atoms with Crippen LogP contribution in [-0.4, -0.2) is 11.5 Å². The third-order valence-corrected chi connectivity index (χ3v) is 3.11. The Balaban J connectivity index is 2.04. The number of hydrogen-bond acceptors (Lipinski definition) is 2. The summed E-state index contributed by atoms with van der Waals surface area (Å²) >= 11 is 0. The zero-order chi connectivity index (χ0) is 14.2. The van der Waals surface area contributed by atoms with E-state index in [4.69, 9.17) is 0 Å². The molecule has 0 saturated carbocycles. The van der Waals surface area contributed by atoms with Gasteiger partial charge in [0, 0.05) is 12.2 Å². The second kappa shape index (κ2) is 4.67. The smallest absolute Gasteiger partial charge is 0.322 e. The molecule has 3 rings (SSSR count). The summed E-state index contributed by atoms with van der Waals surface area (Å²) in [7, 11) is 0. The van der Waals surface area contributed by atoms with Gasteiger partial charge in [-0.2, -0.15) is 13.2 Å². The number of anilines is 2. The molecule has 1 aliphatic rings. The molecule has 2 nitrogen and oxygen atoms in total. The van der Waals surface area contributed by atoms with Crippen molar-refractivity contribution in [2.45, 2.75) is 6.18 Å². The van der Waals surface area contributed by atoms with E-state index in [1.807, 2.05) is 36.4 Å². The van der Waals surface area contributed by atoms with E-state index in [1.54, 1.807) is 11.0 Å². The SMILES string of the molecule is FC(F)(F)c1cccc(N2CC=Cc3ccccc32)n1. The molecule has 102 valence electrons. The topological polar surface area (TPSA) is 16.1 Å². The number of aromatic nitrogens is 1. The van der Waals surface area contributed by atoms with Crippen molar-refractivity contribution in [2.24, 2.45) is 0 Å². The minimum absolute atomic E-state index is 0.302. The first kappa shape index (κ1) is 12.7. The number of benzene rings is 1. The van der Waals surface area contributed by atoms with Crippen molar-refractivity contribution in [3.05, 3.63) is 59.8 Å². The molecule has 2 heterocycles. The van der Waals surface area contributed by atoms with E-state index in [0.717, 1.165) is 17.3 Å². The minimum Gasteiger partial charge on any atom is -0.322 e. The summed E-state index contributed by atoms with van der Waals surface area (Å²) in [6, 6.07) is 11.5. The largest absolute Gasteiger partial charge is 0.433 e. The summed E-state index contributed by atoms with van der Waals surface area (Å²) in [6.07, 6.45) is -0.565. The number of para-hydroxylation sites is 1. The van der Waals surface area contributed by atoms with Gasteiger partial charge in [-0.1, -0.05) is 36.4 Å². The lowest BCUT2D eigenvalue weighted by atomic mass is 10.1. The van der Waals surface area contributed by atoms with E-state index in [9.17, 15) is 13.2 Å². The van der Waals surface area contributed by atoms with Gasteiger partial charge in [0.1, 0.15) is 11.5 Å². The average Bonchev–Trinajstić information content (AvgIpc) is 2.46. The van der Waals surface area contributed by atoms with Gasteiger partial charge in [0.25, 0.3) is 0 Å². The normalized spacial score (nSPS) is 14.2. The van der Waals surface area contributed by atoms with Crippen molar-refractivity contribution in [1.82, 2.24) is 4.98 Å². The summed E-state index contributed by atoms with van der Waals surface area (Å²) in [6.45, 7) is 0.505. The summed E-state index contributed by atoms with van der Waals surface area (Å²) in [4.78, 5) is 5.50. The molecule has 5 heteroatoms. The number of alkyl halides is 3. The standard InChI is InChI=1S/C15H11F3N2/c16-15(17,18)13-8-3-9-14(19-13)20-10-4-6-11-5-1-2-7-12(11)20/h1-9H,10H2. The fraction of sp³-hybridized carbons (Fsp3) is 0.133. The second-order valence-corrected chi connectivity index (χ2v) is 4.45. The van der Waals surface area contributed by atoms with Crippen LogP contribution in [0.25, 0.3) is 6.08 Å². The number of halogens is 3. The van der Waals surface area contributed by atoms with Gasteiger partial charge in [-0.05, 0) is 23.8 Å². The lowest BCUT2D eigenvalue weighted by Crippen LogP contribution is -2.22. The predicted octanol–water partition coefficient (Wildman–Crippen LogP) is 4.27. The molecule has 0 bridgehead atoms. The highest BCUT2D eigenvalue weighted by molar-refractivity contribution is 5.76. The molecule has 1 aliphatic heterocycles. The fourth-order valence-electron chi connectivity index (χ4n) is 2.21. The van der Waals surface area contributed by atoms with Gasteiger partial charge in [0.05, 0.1) is 0 Å². The highest BCUT2D eigenvalue weighted by Gasteiger charge is 2.33. The molecule has 1 aromatic carbocycles. The van der Waals surface area contributed by atoms with Crippen molar-refractivity contribution in [3.63, 3.8) is 0 Å². The lowest BCUT2D eigenvalue weighted by Gasteiger charge is -2.27. The Morgan fingerprint density at radius 3 is 2.60 bits per heavy atom. The molecular formula is C15H11F3N2. The lowest BCUT2D eigenvalue weighted by molar-refractivity contribution is -0.141. The number of nitrogens with zero attached hydrogens (tertiary/aromatic N) is 2. The van der Waals surface area contributed by atoms with Crippen LogP contribution >= 0.6 is 0 Å². The molecule has 0 unspecified atom stereocenters. The van der Waals surface area contributed by atoms with Crippen molar-refractivity contribution < 1.29 is 13.2 Å². The highest BCUT2D eigenvalue weighted by atomic mass is 19.4. The van der Waals surface area contributed by atoms with Gasteiger partial charge in [0.2, 0.25) is 0 Å². The summed E-state index contributed by atoms with van der Waals surface area (Å²) < 4.78 is 38.2. The van der Waals surface area contributed by atoms with E-state index in [2.05, 4.69) is 4.98 Å². The van der Waals surface area contributed by atoms with Gasteiger partial charge in [-0.25, -0.2) is 4.98 Å². The first-order chi connectivity index (χ1) is 9.55. The summed E-state index contributed by atoms with van der Waals surface area (Å²) in [5.74, 6) is 0.302. The zero-order valence-corrected chi connectivity index (χ0v) is 10.4. The van der Waals surface area contributed by atoms with Crippen LogP contribution in [0.3, 0.4) is 0 Å². The first-order valence-electron chi connectivity index (χ1n) is 6.13. The van der Waals surface area contributed by atoms with Crippen LogP contribution < -0.4 is 4.90 Å². The molecule has 2 aromatic rings. The molecule has 0 aliphatic carbocycles. The van der Waals surface area contributed by atoms with E-state index < -0.39 is 11.9 Å². The Kier molecular flexibility index (Phi) is 2.97. The zero-order valence-electron chi connectivity index (χ0n) is 10.4. The monoisotopic (exact) mass is 276 g/mol. The molecule has 0 radical (unpaired) electrons. The van der Waals surface area contributed by atoms with Crippen molar-refractivity contribution in [1.29, 1.82) is 0 Å². The van der Waals surface area contributed by atoms with Crippen molar-refractivity contribution in [3.8, 4) is 0 Å². The molecule has 0 amide bonds. The van der Waals surface area contributed by atoms with Crippen LogP contribution in [0.4, 0.5) is 24.7 Å². The fourth-order valence-corrected chi connectivity index (χ4v) is 2.21. The number of pyridine rings is 1. The minimum atomic E-state index is -4.43. The van der Waals surface area contributed by atoms with Crippen LogP contribution in [0.1, 0.15) is 11.3 Å². The van der Waals surface area contributed by atoms with E-state index in [1.165, 1.54) is 6.07 Å². The Bertz CT molecular complexity index is 662. The van der Waals surface area contributed by atoms with Gasteiger partial charge >= 0.3 is 6.18 Å². The Labute approximate surface area is 114 Å². The molecule has 20 heavy (non-hydrogen) atoms. The van der Waals surface area contributed by atoms with Gasteiger partial charge in [0.15, 0.2) is 0 Å². The second-order valence-electron chi connectivity index (χ2n) is 4.45. The van der Waals surface area contributed by atoms with Crippen LogP contribution in [0.2, 0.25) is 0 Å². The van der Waals surface area contributed by atoms with Crippen LogP contribution in [0.5, 0.6) is 0 Å². The molecule has 0 atom stereocenters. The molecule has 0 N–H and O–H groups in total. The molecular weight excluding hydrogens is 265 g/mol. The maximum absolute atomic E-state index is 12.7. The van der Waals surface area contributed by atoms with Crippen molar-refractivity contribution in [2.75, 3.05) is 11.4 Å². The third-order valence-electron chi connectivity index (χ3n) is 3.11. The number of fused-ring (bicyclic) bond motifs is 1. The van der Waals surface area contributed by atoms with Gasteiger partial charge < -0.3 is 4.90 Å². The maximum Gasteiger partial charge on any atom is 0.433 e. The Hall–Kier alpha value is -2.30. The summed E-state index contributed by atoms with van der Waals surface area (Å²) in [5, 5.41) is 0. The molecule has 0 spiro atoms. The van der Waals surface area contributed by atoms with Gasteiger partial charge in [-0.3, -0.25) is 0 Å². The molecule has 0 saturated heterocycles. The van der Waals surface area contributed by atoms with Crippen LogP contribution in [0, 0.1) is 0 Å². The Morgan fingerprint density at radius 2 is 1.80 bits per heavy atom. The third kappa shape index (κ3) is 2.27. The van der Waals surface area contributed by atoms with E-state index >= 15 is 0 Å². The van der Waals surface area contributed by atoms with E-state index in [0.29, 0.717) is 12.4 Å². The predicted molar refractivity (Wildman–Crippen MR) is 71.7 cm³/mol.